The molecule has 2 saturated heterocycles. The standard InChI is InChI=1S/C28H26N2O5/c1-15-6-9-22(16(2)10-15)29-14-19(12-23(29)31)28(34)35-21-5-3-4-20(13-21)30-26(32)24-17-7-8-18(11-17)25(24)27(30)33/h3-10,13,17-19,24-25H,11-12,14H2,1-2H3/t17-,18-,19+,24+,25+/m0/s1. The smallest absolute Gasteiger partial charge is 0.316 e. The summed E-state index contributed by atoms with van der Waals surface area (Å²) in [6.45, 7) is 4.19. The molecule has 35 heavy (non-hydrogen) atoms. The number of nitrogens with zero attached hydrogens (tertiary/aromatic N) is 2. The molecule has 4 aliphatic rings. The quantitative estimate of drug-likeness (QED) is 0.295. The number of amides is 3. The third-order valence-electron chi connectivity index (χ3n) is 7.87. The van der Waals surface area contributed by atoms with E-state index in [0.717, 1.165) is 23.2 Å². The van der Waals surface area contributed by atoms with Gasteiger partial charge in [0.1, 0.15) is 5.75 Å². The lowest BCUT2D eigenvalue weighted by Gasteiger charge is -2.19. The van der Waals surface area contributed by atoms with Gasteiger partial charge in [-0.15, -0.1) is 0 Å². The van der Waals surface area contributed by atoms with Crippen LogP contribution in [0.25, 0.3) is 0 Å². The van der Waals surface area contributed by atoms with E-state index in [2.05, 4.69) is 12.2 Å². The monoisotopic (exact) mass is 470 g/mol. The molecular formula is C28H26N2O5. The van der Waals surface area contributed by atoms with Gasteiger partial charge in [0.05, 0.1) is 23.4 Å². The number of esters is 1. The van der Waals surface area contributed by atoms with Gasteiger partial charge in [-0.3, -0.25) is 19.2 Å². The fourth-order valence-electron chi connectivity index (χ4n) is 6.25. The lowest BCUT2D eigenvalue weighted by atomic mass is 9.85. The predicted molar refractivity (Wildman–Crippen MR) is 129 cm³/mol. The minimum Gasteiger partial charge on any atom is -0.426 e. The molecule has 2 bridgehead atoms. The van der Waals surface area contributed by atoms with Crippen LogP contribution in [-0.2, 0) is 19.2 Å². The van der Waals surface area contributed by atoms with Gasteiger partial charge in [-0.1, -0.05) is 35.9 Å². The van der Waals surface area contributed by atoms with Crippen LogP contribution in [0.2, 0.25) is 0 Å². The minimum absolute atomic E-state index is 0.0775. The van der Waals surface area contributed by atoms with Crippen molar-refractivity contribution in [1.29, 1.82) is 0 Å². The molecule has 178 valence electrons. The lowest BCUT2D eigenvalue weighted by molar-refractivity contribution is -0.139. The van der Waals surface area contributed by atoms with Crippen LogP contribution < -0.4 is 14.5 Å². The molecule has 2 aromatic carbocycles. The Balaban J connectivity index is 1.17. The van der Waals surface area contributed by atoms with Crippen molar-refractivity contribution >= 4 is 35.1 Å². The van der Waals surface area contributed by atoms with Gasteiger partial charge < -0.3 is 9.64 Å². The van der Waals surface area contributed by atoms with Gasteiger partial charge >= 0.3 is 5.97 Å². The van der Waals surface area contributed by atoms with Gasteiger partial charge in [-0.25, -0.2) is 4.90 Å². The highest BCUT2D eigenvalue weighted by Crippen LogP contribution is 2.53. The molecule has 0 radical (unpaired) electrons. The molecule has 1 saturated carbocycles. The predicted octanol–water partition coefficient (Wildman–Crippen LogP) is 3.57. The maximum atomic E-state index is 13.1. The molecule has 3 fully saturated rings. The Hall–Kier alpha value is -3.74. The maximum absolute atomic E-state index is 13.1. The Morgan fingerprint density at radius 2 is 1.66 bits per heavy atom. The summed E-state index contributed by atoms with van der Waals surface area (Å²) in [6.07, 6.45) is 5.07. The Kier molecular flexibility index (Phi) is 4.91. The molecule has 6 rings (SSSR count). The van der Waals surface area contributed by atoms with Crippen molar-refractivity contribution in [2.45, 2.75) is 26.7 Å². The summed E-state index contributed by atoms with van der Waals surface area (Å²) in [5.74, 6) is -1.62. The number of allylic oxidation sites excluding steroid dienone is 2. The van der Waals surface area contributed by atoms with Crippen molar-refractivity contribution in [2.24, 2.45) is 29.6 Å². The minimum atomic E-state index is -0.594. The highest BCUT2D eigenvalue weighted by molar-refractivity contribution is 6.22. The number of hydrogen-bond donors (Lipinski definition) is 0. The third kappa shape index (κ3) is 3.40. The van der Waals surface area contributed by atoms with Crippen LogP contribution in [0.3, 0.4) is 0 Å². The number of fused-ring (bicyclic) bond motifs is 5. The molecule has 2 aliphatic heterocycles. The van der Waals surface area contributed by atoms with Crippen LogP contribution in [0.1, 0.15) is 24.0 Å². The number of imide groups is 1. The summed E-state index contributed by atoms with van der Waals surface area (Å²) in [5, 5.41) is 0. The summed E-state index contributed by atoms with van der Waals surface area (Å²) >= 11 is 0. The largest absolute Gasteiger partial charge is 0.426 e. The van der Waals surface area contributed by atoms with Crippen LogP contribution in [0, 0.1) is 43.4 Å². The number of rotatable bonds is 4. The van der Waals surface area contributed by atoms with E-state index < -0.39 is 11.9 Å². The van der Waals surface area contributed by atoms with Crippen LogP contribution in [0.15, 0.2) is 54.6 Å². The number of hydrogen-bond acceptors (Lipinski definition) is 5. The Labute approximate surface area is 203 Å². The molecule has 7 nitrogen and oxygen atoms in total. The fourth-order valence-corrected chi connectivity index (χ4v) is 6.25. The van der Waals surface area contributed by atoms with Gasteiger partial charge in [-0.05, 0) is 55.9 Å². The number of ether oxygens (including phenoxy) is 1. The number of anilines is 2. The fraction of sp³-hybridized carbons (Fsp3) is 0.357. The second-order valence-corrected chi connectivity index (χ2v) is 10.1. The molecule has 5 atom stereocenters. The Morgan fingerprint density at radius 1 is 0.943 bits per heavy atom. The van der Waals surface area contributed by atoms with Gasteiger partial charge in [0.25, 0.3) is 0 Å². The molecule has 2 heterocycles. The lowest BCUT2D eigenvalue weighted by Crippen LogP contribution is -2.32. The average molecular weight is 471 g/mol. The first kappa shape index (κ1) is 21.8. The summed E-state index contributed by atoms with van der Waals surface area (Å²) in [5.41, 5.74) is 3.31. The van der Waals surface area contributed by atoms with Crippen molar-refractivity contribution in [3.63, 3.8) is 0 Å². The first-order valence-electron chi connectivity index (χ1n) is 12.1. The maximum Gasteiger partial charge on any atom is 0.316 e. The molecule has 3 amide bonds. The SMILES string of the molecule is Cc1ccc(N2C[C@H](C(=O)Oc3cccc(N4C(=O)[C@H]5[C@H](C4=O)[C@H]4C=C[C@H]5C4)c3)CC2=O)c(C)c1. The van der Waals surface area contributed by atoms with E-state index in [1.54, 1.807) is 29.2 Å². The van der Waals surface area contributed by atoms with Crippen molar-refractivity contribution in [1.82, 2.24) is 0 Å². The zero-order chi connectivity index (χ0) is 24.4. The molecule has 0 spiro atoms. The molecular weight excluding hydrogens is 444 g/mol. The van der Waals surface area contributed by atoms with E-state index >= 15 is 0 Å². The topological polar surface area (TPSA) is 84.0 Å². The highest BCUT2D eigenvalue weighted by Gasteiger charge is 2.59. The molecule has 2 aliphatic carbocycles. The summed E-state index contributed by atoms with van der Waals surface area (Å²) < 4.78 is 5.62. The zero-order valence-corrected chi connectivity index (χ0v) is 19.6. The van der Waals surface area contributed by atoms with Crippen molar-refractivity contribution in [3.8, 4) is 5.75 Å². The van der Waals surface area contributed by atoms with E-state index in [-0.39, 0.29) is 60.1 Å². The summed E-state index contributed by atoms with van der Waals surface area (Å²) in [6, 6.07) is 12.4. The van der Waals surface area contributed by atoms with Crippen LogP contribution in [0.5, 0.6) is 5.75 Å². The number of carbonyl (C=O) groups is 4. The second-order valence-electron chi connectivity index (χ2n) is 10.1. The molecule has 2 aromatic rings. The van der Waals surface area contributed by atoms with E-state index in [0.29, 0.717) is 5.69 Å². The first-order valence-corrected chi connectivity index (χ1v) is 12.1. The van der Waals surface area contributed by atoms with E-state index in [9.17, 15) is 19.2 Å². The Bertz CT molecular complexity index is 1280. The van der Waals surface area contributed by atoms with Gasteiger partial charge in [-0.2, -0.15) is 0 Å². The molecule has 0 N–H and O–H groups in total. The first-order chi connectivity index (χ1) is 16.8. The Morgan fingerprint density at radius 3 is 2.34 bits per heavy atom. The van der Waals surface area contributed by atoms with Crippen LogP contribution in [0.4, 0.5) is 11.4 Å². The van der Waals surface area contributed by atoms with E-state index in [1.807, 2.05) is 32.0 Å². The molecule has 0 unspecified atom stereocenters. The molecule has 7 heteroatoms. The van der Waals surface area contributed by atoms with Gasteiger partial charge in [0, 0.05) is 24.7 Å². The van der Waals surface area contributed by atoms with Gasteiger partial charge in [0.2, 0.25) is 17.7 Å². The summed E-state index contributed by atoms with van der Waals surface area (Å²) in [7, 11) is 0. The third-order valence-corrected chi connectivity index (χ3v) is 7.87. The van der Waals surface area contributed by atoms with Crippen molar-refractivity contribution in [3.05, 3.63) is 65.7 Å². The second kappa shape index (κ2) is 7.90. The van der Waals surface area contributed by atoms with Crippen LogP contribution >= 0.6 is 0 Å². The van der Waals surface area contributed by atoms with Crippen molar-refractivity contribution in [2.75, 3.05) is 16.3 Å². The van der Waals surface area contributed by atoms with E-state index in [1.165, 1.54) is 4.90 Å². The number of aryl methyl sites for hydroxylation is 2. The normalized spacial score (nSPS) is 28.9. The average Bonchev–Trinajstić information content (AvgIpc) is 3.58. The highest BCUT2D eigenvalue weighted by atomic mass is 16.5. The number of benzene rings is 2. The van der Waals surface area contributed by atoms with E-state index in [4.69, 9.17) is 4.74 Å². The zero-order valence-electron chi connectivity index (χ0n) is 19.6. The summed E-state index contributed by atoms with van der Waals surface area (Å²) in [4.78, 5) is 54.7. The van der Waals surface area contributed by atoms with Gasteiger partial charge in [0.15, 0.2) is 0 Å². The number of carbonyl (C=O) groups excluding carboxylic acids is 4. The molecule has 0 aromatic heterocycles. The van der Waals surface area contributed by atoms with Crippen LogP contribution in [-0.4, -0.2) is 30.2 Å². The van der Waals surface area contributed by atoms with Crippen molar-refractivity contribution < 1.29 is 23.9 Å².